The van der Waals surface area contributed by atoms with E-state index in [1.807, 2.05) is 36.1 Å². The van der Waals surface area contributed by atoms with Gasteiger partial charge in [-0.1, -0.05) is 6.92 Å². The molecule has 1 saturated heterocycles. The van der Waals surface area contributed by atoms with E-state index in [4.69, 9.17) is 0 Å². The van der Waals surface area contributed by atoms with Crippen LogP contribution in [0.15, 0.2) is 36.9 Å². The van der Waals surface area contributed by atoms with E-state index in [9.17, 15) is 9.90 Å². The van der Waals surface area contributed by atoms with E-state index >= 15 is 0 Å². The lowest BCUT2D eigenvalue weighted by Crippen LogP contribution is -2.50. The molecule has 1 amide bonds. The normalized spacial score (nSPS) is 17.0. The fraction of sp³-hybridized carbons (Fsp3) is 0.471. The molecule has 1 aliphatic rings. The van der Waals surface area contributed by atoms with Gasteiger partial charge in [-0.15, -0.1) is 10.2 Å². The molecule has 0 saturated carbocycles. The summed E-state index contributed by atoms with van der Waals surface area (Å²) in [7, 11) is 0. The van der Waals surface area contributed by atoms with Gasteiger partial charge in [0.1, 0.15) is 12.7 Å². The molecular weight excluding hydrogens is 306 g/mol. The van der Waals surface area contributed by atoms with E-state index < -0.39 is 0 Å². The number of hydrogen-bond donors (Lipinski definition) is 1. The molecule has 1 aromatic carbocycles. The van der Waals surface area contributed by atoms with Gasteiger partial charge in [0.15, 0.2) is 0 Å². The Hall–Kier alpha value is -2.25. The molecule has 1 N–H and O–H groups in total. The van der Waals surface area contributed by atoms with Crippen molar-refractivity contribution in [1.29, 1.82) is 0 Å². The van der Waals surface area contributed by atoms with Crippen molar-refractivity contribution in [3.05, 3.63) is 42.5 Å². The Morgan fingerprint density at radius 2 is 1.75 bits per heavy atom. The molecule has 0 aliphatic carbocycles. The SMILES string of the molecule is CC[C@@H](O)CN1CCN(C(=O)c2ccc(-n3cnnc3)cc2)CC1. The fourth-order valence-electron chi connectivity index (χ4n) is 2.85. The lowest BCUT2D eigenvalue weighted by atomic mass is 10.1. The van der Waals surface area contributed by atoms with Crippen molar-refractivity contribution in [3.63, 3.8) is 0 Å². The summed E-state index contributed by atoms with van der Waals surface area (Å²) >= 11 is 0. The summed E-state index contributed by atoms with van der Waals surface area (Å²) in [5.74, 6) is 0.0565. The number of benzene rings is 1. The second-order valence-electron chi connectivity index (χ2n) is 6.07. The fourth-order valence-corrected chi connectivity index (χ4v) is 2.85. The van der Waals surface area contributed by atoms with Crippen LogP contribution in [0.5, 0.6) is 0 Å². The second-order valence-corrected chi connectivity index (χ2v) is 6.07. The first kappa shape index (κ1) is 16.6. The summed E-state index contributed by atoms with van der Waals surface area (Å²) in [4.78, 5) is 16.7. The Bertz CT molecular complexity index is 648. The van der Waals surface area contributed by atoms with Crippen molar-refractivity contribution in [2.75, 3.05) is 32.7 Å². The van der Waals surface area contributed by atoms with Gasteiger partial charge in [-0.25, -0.2) is 0 Å². The average Bonchev–Trinajstić information content (AvgIpc) is 3.16. The molecule has 0 spiro atoms. The van der Waals surface area contributed by atoms with Crippen LogP contribution in [-0.4, -0.2) is 74.4 Å². The van der Waals surface area contributed by atoms with E-state index in [0.717, 1.165) is 25.2 Å². The van der Waals surface area contributed by atoms with Crippen molar-refractivity contribution in [1.82, 2.24) is 24.6 Å². The molecule has 2 heterocycles. The number of carbonyl (C=O) groups is 1. The van der Waals surface area contributed by atoms with Crippen molar-refractivity contribution < 1.29 is 9.90 Å². The van der Waals surface area contributed by atoms with Crippen LogP contribution < -0.4 is 0 Å². The number of β-amino-alcohol motifs (C(OH)–C–C–N with tert-alkyl or cyclic N) is 1. The maximum Gasteiger partial charge on any atom is 0.253 e. The smallest absolute Gasteiger partial charge is 0.253 e. The zero-order chi connectivity index (χ0) is 16.9. The minimum absolute atomic E-state index is 0.0565. The highest BCUT2D eigenvalue weighted by atomic mass is 16.3. The first-order chi connectivity index (χ1) is 11.7. The molecule has 0 radical (unpaired) electrons. The van der Waals surface area contributed by atoms with Gasteiger partial charge in [-0.05, 0) is 30.7 Å². The van der Waals surface area contributed by atoms with Crippen LogP contribution in [-0.2, 0) is 0 Å². The van der Waals surface area contributed by atoms with E-state index in [-0.39, 0.29) is 12.0 Å². The van der Waals surface area contributed by atoms with E-state index in [0.29, 0.717) is 25.2 Å². The van der Waals surface area contributed by atoms with Crippen LogP contribution in [0.2, 0.25) is 0 Å². The third-order valence-electron chi connectivity index (χ3n) is 4.43. The summed E-state index contributed by atoms with van der Waals surface area (Å²) in [5, 5.41) is 17.3. The van der Waals surface area contributed by atoms with Crippen molar-refractivity contribution in [3.8, 4) is 5.69 Å². The number of aliphatic hydroxyl groups excluding tert-OH is 1. The zero-order valence-corrected chi connectivity index (χ0v) is 13.9. The molecule has 7 nitrogen and oxygen atoms in total. The minimum atomic E-state index is -0.280. The van der Waals surface area contributed by atoms with Crippen LogP contribution in [0, 0.1) is 0 Å². The Kier molecular flexibility index (Phi) is 5.22. The molecule has 0 unspecified atom stereocenters. The molecule has 1 fully saturated rings. The Balaban J connectivity index is 1.57. The van der Waals surface area contributed by atoms with Crippen LogP contribution >= 0.6 is 0 Å². The second kappa shape index (κ2) is 7.55. The summed E-state index contributed by atoms with van der Waals surface area (Å²) < 4.78 is 1.80. The monoisotopic (exact) mass is 329 g/mol. The lowest BCUT2D eigenvalue weighted by Gasteiger charge is -2.35. The predicted octanol–water partition coefficient (Wildman–Crippen LogP) is 0.796. The molecule has 2 aromatic rings. The van der Waals surface area contributed by atoms with E-state index in [2.05, 4.69) is 15.1 Å². The summed E-state index contributed by atoms with van der Waals surface area (Å²) in [6.45, 7) is 5.67. The molecule has 3 rings (SSSR count). The molecule has 7 heteroatoms. The third kappa shape index (κ3) is 3.80. The highest BCUT2D eigenvalue weighted by Crippen LogP contribution is 2.13. The van der Waals surface area contributed by atoms with Gasteiger partial charge in [0.2, 0.25) is 0 Å². The summed E-state index contributed by atoms with van der Waals surface area (Å²) in [6.07, 6.45) is 3.73. The Morgan fingerprint density at radius 3 is 2.33 bits per heavy atom. The lowest BCUT2D eigenvalue weighted by molar-refractivity contribution is 0.0524. The topological polar surface area (TPSA) is 74.5 Å². The highest BCUT2D eigenvalue weighted by molar-refractivity contribution is 5.94. The number of piperazine rings is 1. The first-order valence-corrected chi connectivity index (χ1v) is 8.32. The first-order valence-electron chi connectivity index (χ1n) is 8.32. The number of amides is 1. The number of aromatic nitrogens is 3. The van der Waals surface area contributed by atoms with Crippen LogP contribution in [0.4, 0.5) is 0 Å². The van der Waals surface area contributed by atoms with Gasteiger partial charge < -0.3 is 10.0 Å². The van der Waals surface area contributed by atoms with E-state index in [1.54, 1.807) is 17.2 Å². The quantitative estimate of drug-likeness (QED) is 0.878. The van der Waals surface area contributed by atoms with Crippen molar-refractivity contribution in [2.45, 2.75) is 19.4 Å². The van der Waals surface area contributed by atoms with Gasteiger partial charge in [0, 0.05) is 44.0 Å². The van der Waals surface area contributed by atoms with E-state index in [1.165, 1.54) is 0 Å². The largest absolute Gasteiger partial charge is 0.392 e. The van der Waals surface area contributed by atoms with Crippen LogP contribution in [0.3, 0.4) is 0 Å². The number of rotatable bonds is 5. The molecule has 1 aromatic heterocycles. The summed E-state index contributed by atoms with van der Waals surface area (Å²) in [6, 6.07) is 7.46. The van der Waals surface area contributed by atoms with Gasteiger partial charge in [-0.3, -0.25) is 14.3 Å². The summed E-state index contributed by atoms with van der Waals surface area (Å²) in [5.41, 5.74) is 1.61. The Labute approximate surface area is 141 Å². The molecule has 1 atom stereocenters. The maximum absolute atomic E-state index is 12.6. The number of carbonyl (C=O) groups excluding carboxylic acids is 1. The van der Waals surface area contributed by atoms with Gasteiger partial charge in [0.05, 0.1) is 6.10 Å². The number of nitrogens with zero attached hydrogens (tertiary/aromatic N) is 5. The zero-order valence-electron chi connectivity index (χ0n) is 13.9. The van der Waals surface area contributed by atoms with Crippen LogP contribution in [0.1, 0.15) is 23.7 Å². The highest BCUT2D eigenvalue weighted by Gasteiger charge is 2.23. The molecular formula is C17H23N5O2. The minimum Gasteiger partial charge on any atom is -0.392 e. The van der Waals surface area contributed by atoms with Crippen molar-refractivity contribution >= 4 is 5.91 Å². The van der Waals surface area contributed by atoms with Crippen molar-refractivity contribution in [2.24, 2.45) is 0 Å². The predicted molar refractivity (Wildman–Crippen MR) is 90.0 cm³/mol. The maximum atomic E-state index is 12.6. The standard InChI is InChI=1S/C17H23N5O2/c1-2-16(23)11-20-7-9-21(10-8-20)17(24)14-3-5-15(6-4-14)22-12-18-19-13-22/h3-6,12-13,16,23H,2,7-11H2,1H3/t16-/m1/s1. The molecule has 0 bridgehead atoms. The average molecular weight is 329 g/mol. The molecule has 1 aliphatic heterocycles. The number of hydrogen-bond acceptors (Lipinski definition) is 5. The van der Waals surface area contributed by atoms with Gasteiger partial charge >= 0.3 is 0 Å². The third-order valence-corrected chi connectivity index (χ3v) is 4.43. The number of aliphatic hydroxyl groups is 1. The van der Waals surface area contributed by atoms with Gasteiger partial charge in [0.25, 0.3) is 5.91 Å². The van der Waals surface area contributed by atoms with Crippen LogP contribution in [0.25, 0.3) is 5.69 Å². The molecule has 24 heavy (non-hydrogen) atoms. The molecule has 128 valence electrons. The van der Waals surface area contributed by atoms with Gasteiger partial charge in [-0.2, -0.15) is 0 Å². The Morgan fingerprint density at radius 1 is 1.12 bits per heavy atom.